The van der Waals surface area contributed by atoms with E-state index in [1.54, 1.807) is 12.4 Å². The van der Waals surface area contributed by atoms with E-state index in [2.05, 4.69) is 31.5 Å². The summed E-state index contributed by atoms with van der Waals surface area (Å²) in [5.74, 6) is -0.102. The van der Waals surface area contributed by atoms with Gasteiger partial charge in [0.05, 0.1) is 12.4 Å². The molecule has 0 aromatic carbocycles. The van der Waals surface area contributed by atoms with E-state index in [1.165, 1.54) is 18.2 Å². The van der Waals surface area contributed by atoms with Crippen molar-refractivity contribution >= 4 is 5.91 Å². The van der Waals surface area contributed by atoms with E-state index in [0.717, 1.165) is 38.9 Å². The summed E-state index contributed by atoms with van der Waals surface area (Å²) < 4.78 is 1.85. The number of piperidine rings is 1. The number of carbonyl (C=O) groups is 1. The molecular formula is C18H24N6O. The molecule has 0 unspecified atom stereocenters. The van der Waals surface area contributed by atoms with Crippen molar-refractivity contribution in [2.75, 3.05) is 13.1 Å². The molecule has 1 saturated heterocycles. The Kier molecular flexibility index (Phi) is 4.25. The van der Waals surface area contributed by atoms with Crippen molar-refractivity contribution in [2.45, 2.75) is 38.3 Å². The van der Waals surface area contributed by atoms with E-state index in [9.17, 15) is 4.79 Å². The van der Waals surface area contributed by atoms with Crippen molar-refractivity contribution in [1.82, 2.24) is 30.0 Å². The van der Waals surface area contributed by atoms with E-state index >= 15 is 0 Å². The second-order valence-corrected chi connectivity index (χ2v) is 7.32. The highest BCUT2D eigenvalue weighted by atomic mass is 16.2. The van der Waals surface area contributed by atoms with Gasteiger partial charge in [0.25, 0.3) is 5.91 Å². The van der Waals surface area contributed by atoms with Gasteiger partial charge in [0.1, 0.15) is 5.69 Å². The standard InChI is InChI=1S/C18H24N6O/c1-23-12-14(10-21-23)13-24-8-4-18(5-9-24)3-2-16(18)22-17(25)15-11-19-6-7-20-15/h6-7,10-12,16H,2-5,8-9,13H2,1H3,(H,22,25)/t16-/m0/s1. The van der Waals surface area contributed by atoms with Crippen LogP contribution in [0.15, 0.2) is 31.0 Å². The van der Waals surface area contributed by atoms with Crippen molar-refractivity contribution in [3.63, 3.8) is 0 Å². The number of hydrogen-bond donors (Lipinski definition) is 1. The predicted octanol–water partition coefficient (Wildman–Crippen LogP) is 1.38. The molecule has 2 fully saturated rings. The lowest BCUT2D eigenvalue weighted by molar-refractivity contribution is -0.00719. The van der Waals surface area contributed by atoms with Gasteiger partial charge in [-0.1, -0.05) is 0 Å². The normalized spacial score (nSPS) is 22.5. The zero-order valence-electron chi connectivity index (χ0n) is 14.6. The number of aryl methyl sites for hydroxylation is 1. The van der Waals surface area contributed by atoms with Crippen LogP contribution in [-0.4, -0.2) is 49.7 Å². The highest BCUT2D eigenvalue weighted by Gasteiger charge is 2.48. The van der Waals surface area contributed by atoms with Crippen molar-refractivity contribution < 1.29 is 4.79 Å². The van der Waals surface area contributed by atoms with Gasteiger partial charge in [0.2, 0.25) is 0 Å². The van der Waals surface area contributed by atoms with E-state index < -0.39 is 0 Å². The summed E-state index contributed by atoms with van der Waals surface area (Å²) in [6.45, 7) is 3.11. The Bertz CT molecular complexity index is 735. The highest BCUT2D eigenvalue weighted by molar-refractivity contribution is 5.92. The van der Waals surface area contributed by atoms with Crippen LogP contribution in [0, 0.1) is 5.41 Å². The predicted molar refractivity (Wildman–Crippen MR) is 92.7 cm³/mol. The van der Waals surface area contributed by atoms with Crippen molar-refractivity contribution in [3.8, 4) is 0 Å². The molecule has 7 nitrogen and oxygen atoms in total. The molecule has 2 aromatic rings. The second-order valence-electron chi connectivity index (χ2n) is 7.32. The van der Waals surface area contributed by atoms with E-state index in [-0.39, 0.29) is 17.4 Å². The van der Waals surface area contributed by atoms with Crippen LogP contribution in [0.4, 0.5) is 0 Å². The Morgan fingerprint density at radius 3 is 2.72 bits per heavy atom. The van der Waals surface area contributed by atoms with Gasteiger partial charge in [-0.15, -0.1) is 0 Å². The summed E-state index contributed by atoms with van der Waals surface area (Å²) in [5.41, 5.74) is 1.93. The van der Waals surface area contributed by atoms with Gasteiger partial charge in [-0.05, 0) is 44.2 Å². The van der Waals surface area contributed by atoms with Crippen LogP contribution < -0.4 is 5.32 Å². The first-order valence-electron chi connectivity index (χ1n) is 8.91. The highest BCUT2D eigenvalue weighted by Crippen LogP contribution is 2.49. The number of aromatic nitrogens is 4. The number of nitrogens with one attached hydrogen (secondary N) is 1. The smallest absolute Gasteiger partial charge is 0.271 e. The summed E-state index contributed by atoms with van der Waals surface area (Å²) in [5, 5.41) is 7.43. The third kappa shape index (κ3) is 3.28. The van der Waals surface area contributed by atoms with Gasteiger partial charge >= 0.3 is 0 Å². The van der Waals surface area contributed by atoms with Crippen molar-refractivity contribution in [1.29, 1.82) is 0 Å². The lowest BCUT2D eigenvalue weighted by Gasteiger charge is -2.54. The maximum Gasteiger partial charge on any atom is 0.271 e. The van der Waals surface area contributed by atoms with Crippen LogP contribution in [0.5, 0.6) is 0 Å². The molecule has 132 valence electrons. The zero-order chi connectivity index (χ0) is 17.3. The molecule has 0 bridgehead atoms. The van der Waals surface area contributed by atoms with E-state index in [1.807, 2.05) is 17.9 Å². The Morgan fingerprint density at radius 2 is 2.12 bits per heavy atom. The van der Waals surface area contributed by atoms with E-state index in [4.69, 9.17) is 0 Å². The van der Waals surface area contributed by atoms with Crippen LogP contribution in [0.2, 0.25) is 0 Å². The average molecular weight is 340 g/mol. The number of nitrogens with zero attached hydrogens (tertiary/aromatic N) is 5. The molecule has 1 amide bonds. The third-order valence-electron chi connectivity index (χ3n) is 5.79. The molecule has 2 aromatic heterocycles. The van der Waals surface area contributed by atoms with Gasteiger partial charge in [-0.2, -0.15) is 5.10 Å². The number of amides is 1. The van der Waals surface area contributed by atoms with Crippen LogP contribution in [0.25, 0.3) is 0 Å². The van der Waals surface area contributed by atoms with Crippen LogP contribution in [0.3, 0.4) is 0 Å². The summed E-state index contributed by atoms with van der Waals surface area (Å²) in [7, 11) is 1.95. The summed E-state index contributed by atoms with van der Waals surface area (Å²) >= 11 is 0. The number of hydrogen-bond acceptors (Lipinski definition) is 5. The first-order valence-corrected chi connectivity index (χ1v) is 8.91. The van der Waals surface area contributed by atoms with Gasteiger partial charge in [-0.3, -0.25) is 19.4 Å². The number of rotatable bonds is 4. The molecule has 2 aliphatic rings. The zero-order valence-corrected chi connectivity index (χ0v) is 14.6. The molecule has 1 aliphatic heterocycles. The van der Waals surface area contributed by atoms with Crippen LogP contribution in [-0.2, 0) is 13.6 Å². The third-order valence-corrected chi connectivity index (χ3v) is 5.79. The first kappa shape index (κ1) is 16.2. The Hall–Kier alpha value is -2.28. The molecule has 0 radical (unpaired) electrons. The molecule has 4 rings (SSSR count). The molecule has 3 heterocycles. The minimum atomic E-state index is -0.102. The second kappa shape index (κ2) is 6.55. The van der Waals surface area contributed by atoms with E-state index in [0.29, 0.717) is 5.69 Å². The average Bonchev–Trinajstić information content (AvgIpc) is 3.05. The fourth-order valence-corrected chi connectivity index (χ4v) is 4.14. The lowest BCUT2D eigenvalue weighted by Crippen LogP contribution is -2.59. The molecule has 1 aliphatic carbocycles. The van der Waals surface area contributed by atoms with Gasteiger partial charge in [-0.25, -0.2) is 4.98 Å². The SMILES string of the molecule is Cn1cc(CN2CCC3(CC[C@@H]3NC(=O)c3cnccn3)CC2)cn1. The summed E-state index contributed by atoms with van der Waals surface area (Å²) in [4.78, 5) is 22.9. The summed E-state index contributed by atoms with van der Waals surface area (Å²) in [6, 6.07) is 0.266. The fraction of sp³-hybridized carbons (Fsp3) is 0.556. The molecule has 7 heteroatoms. The van der Waals surface area contributed by atoms with Crippen LogP contribution in [0.1, 0.15) is 41.7 Å². The van der Waals surface area contributed by atoms with Gasteiger partial charge in [0, 0.05) is 43.8 Å². The topological polar surface area (TPSA) is 75.9 Å². The van der Waals surface area contributed by atoms with Crippen molar-refractivity contribution in [2.24, 2.45) is 12.5 Å². The largest absolute Gasteiger partial charge is 0.347 e. The van der Waals surface area contributed by atoms with Crippen molar-refractivity contribution in [3.05, 3.63) is 42.2 Å². The molecule has 1 saturated carbocycles. The van der Waals surface area contributed by atoms with Gasteiger partial charge < -0.3 is 5.32 Å². The lowest BCUT2D eigenvalue weighted by atomic mass is 9.59. The maximum absolute atomic E-state index is 12.3. The first-order chi connectivity index (χ1) is 12.1. The molecular weight excluding hydrogens is 316 g/mol. The fourth-order valence-electron chi connectivity index (χ4n) is 4.14. The quantitative estimate of drug-likeness (QED) is 0.910. The van der Waals surface area contributed by atoms with Crippen LogP contribution >= 0.6 is 0 Å². The monoisotopic (exact) mass is 340 g/mol. The number of likely N-dealkylation sites (tertiary alicyclic amines) is 1. The molecule has 1 N–H and O–H groups in total. The Balaban J connectivity index is 1.32. The minimum absolute atomic E-state index is 0.102. The Morgan fingerprint density at radius 1 is 1.28 bits per heavy atom. The maximum atomic E-state index is 12.3. The molecule has 25 heavy (non-hydrogen) atoms. The molecule has 1 atom stereocenters. The molecule has 1 spiro atoms. The van der Waals surface area contributed by atoms with Gasteiger partial charge in [0.15, 0.2) is 0 Å². The Labute approximate surface area is 147 Å². The number of carbonyl (C=O) groups excluding carboxylic acids is 1. The summed E-state index contributed by atoms with van der Waals surface area (Å²) in [6.07, 6.45) is 13.2. The minimum Gasteiger partial charge on any atom is -0.347 e.